The number of carbonyl (C=O) groups excluding carboxylic acids is 1. The monoisotopic (exact) mass is 289 g/mol. The van der Waals surface area contributed by atoms with E-state index in [9.17, 15) is 9.90 Å². The summed E-state index contributed by atoms with van der Waals surface area (Å²) in [7, 11) is 0. The molecule has 0 aromatic heterocycles. The Labute approximate surface area is 125 Å². The molecule has 0 radical (unpaired) electrons. The summed E-state index contributed by atoms with van der Waals surface area (Å²) < 4.78 is 5.71. The maximum atomic E-state index is 12.4. The van der Waals surface area contributed by atoms with Crippen molar-refractivity contribution in [2.24, 2.45) is 0 Å². The van der Waals surface area contributed by atoms with Gasteiger partial charge in [-0.05, 0) is 44.2 Å². The molecule has 2 fully saturated rings. The van der Waals surface area contributed by atoms with Crippen molar-refractivity contribution >= 4 is 5.91 Å². The fourth-order valence-corrected chi connectivity index (χ4v) is 3.65. The van der Waals surface area contributed by atoms with Crippen LogP contribution in [0.3, 0.4) is 0 Å². The summed E-state index contributed by atoms with van der Waals surface area (Å²) in [6.45, 7) is 2.42. The molecule has 2 atom stereocenters. The van der Waals surface area contributed by atoms with E-state index in [1.165, 1.54) is 0 Å². The zero-order chi connectivity index (χ0) is 14.8. The van der Waals surface area contributed by atoms with Gasteiger partial charge in [-0.15, -0.1) is 0 Å². The van der Waals surface area contributed by atoms with Crippen LogP contribution in [0.4, 0.5) is 0 Å². The largest absolute Gasteiger partial charge is 0.493 e. The molecule has 2 aliphatic heterocycles. The van der Waals surface area contributed by atoms with Gasteiger partial charge in [0.1, 0.15) is 5.75 Å². The Morgan fingerprint density at radius 3 is 2.62 bits per heavy atom. The van der Waals surface area contributed by atoms with Crippen LogP contribution >= 0.6 is 0 Å². The number of fused-ring (bicyclic) bond motifs is 2. The van der Waals surface area contributed by atoms with E-state index in [4.69, 9.17) is 4.74 Å². The van der Waals surface area contributed by atoms with Crippen molar-refractivity contribution < 1.29 is 14.6 Å². The highest BCUT2D eigenvalue weighted by Crippen LogP contribution is 2.36. The van der Waals surface area contributed by atoms with Crippen LogP contribution in [0.5, 0.6) is 5.75 Å². The predicted molar refractivity (Wildman–Crippen MR) is 80.2 cm³/mol. The lowest BCUT2D eigenvalue weighted by Gasteiger charge is -2.37. The molecule has 0 aliphatic carbocycles. The van der Waals surface area contributed by atoms with E-state index in [0.717, 1.165) is 37.0 Å². The van der Waals surface area contributed by atoms with E-state index in [1.54, 1.807) is 0 Å². The molecule has 2 bridgehead atoms. The number of amides is 1. The maximum Gasteiger partial charge on any atom is 0.226 e. The van der Waals surface area contributed by atoms with E-state index in [-0.39, 0.29) is 24.1 Å². The van der Waals surface area contributed by atoms with E-state index in [2.05, 4.69) is 0 Å². The van der Waals surface area contributed by atoms with E-state index in [0.29, 0.717) is 13.0 Å². The Kier molecular flexibility index (Phi) is 4.15. The van der Waals surface area contributed by atoms with Crippen LogP contribution in [0.2, 0.25) is 0 Å². The minimum absolute atomic E-state index is 0.169. The van der Waals surface area contributed by atoms with Crippen LogP contribution in [0, 0.1) is 6.92 Å². The highest BCUT2D eigenvalue weighted by molar-refractivity contribution is 5.77. The molecule has 1 aromatic rings. The topological polar surface area (TPSA) is 49.8 Å². The van der Waals surface area contributed by atoms with E-state index < -0.39 is 0 Å². The molecule has 0 spiro atoms. The van der Waals surface area contributed by atoms with Crippen LogP contribution < -0.4 is 4.74 Å². The zero-order valence-corrected chi connectivity index (χ0v) is 12.5. The SMILES string of the molecule is Cc1ccccc1OCCC(=O)N1C2CCC1CC(O)C2. The first-order valence-corrected chi connectivity index (χ1v) is 7.83. The second-order valence-electron chi connectivity index (χ2n) is 6.18. The molecule has 2 aliphatic rings. The molecule has 1 amide bonds. The molecule has 21 heavy (non-hydrogen) atoms. The van der Waals surface area contributed by atoms with Crippen molar-refractivity contribution in [3.63, 3.8) is 0 Å². The molecular weight excluding hydrogens is 266 g/mol. The van der Waals surface area contributed by atoms with Gasteiger partial charge in [-0.1, -0.05) is 18.2 Å². The van der Waals surface area contributed by atoms with Gasteiger partial charge in [-0.2, -0.15) is 0 Å². The molecule has 2 saturated heterocycles. The smallest absolute Gasteiger partial charge is 0.226 e. The molecular formula is C17H23NO3. The third-order valence-corrected chi connectivity index (χ3v) is 4.66. The summed E-state index contributed by atoms with van der Waals surface area (Å²) in [6, 6.07) is 8.33. The lowest BCUT2D eigenvalue weighted by molar-refractivity contribution is -0.137. The quantitative estimate of drug-likeness (QED) is 0.925. The Morgan fingerprint density at radius 2 is 1.95 bits per heavy atom. The second-order valence-corrected chi connectivity index (χ2v) is 6.18. The summed E-state index contributed by atoms with van der Waals surface area (Å²) in [5.74, 6) is 1.02. The van der Waals surface area contributed by atoms with Gasteiger partial charge in [0.2, 0.25) is 5.91 Å². The van der Waals surface area contributed by atoms with Gasteiger partial charge in [0, 0.05) is 12.1 Å². The van der Waals surface area contributed by atoms with Crippen molar-refractivity contribution in [3.8, 4) is 5.75 Å². The lowest BCUT2D eigenvalue weighted by Crippen LogP contribution is -2.48. The summed E-state index contributed by atoms with van der Waals surface area (Å²) in [4.78, 5) is 14.4. The van der Waals surface area contributed by atoms with Crippen molar-refractivity contribution in [2.45, 2.75) is 57.2 Å². The predicted octanol–water partition coefficient (Wildman–Crippen LogP) is 2.28. The number of para-hydroxylation sites is 1. The first-order valence-electron chi connectivity index (χ1n) is 7.83. The van der Waals surface area contributed by atoms with Crippen molar-refractivity contribution in [3.05, 3.63) is 29.8 Å². The number of ether oxygens (including phenoxy) is 1. The van der Waals surface area contributed by atoms with Gasteiger partial charge >= 0.3 is 0 Å². The molecule has 1 aromatic carbocycles. The van der Waals surface area contributed by atoms with Crippen molar-refractivity contribution in [1.82, 2.24) is 4.90 Å². The summed E-state index contributed by atoms with van der Waals surface area (Å²) in [6.07, 6.45) is 3.73. The van der Waals surface area contributed by atoms with Gasteiger partial charge in [0.15, 0.2) is 0 Å². The minimum Gasteiger partial charge on any atom is -0.493 e. The average Bonchev–Trinajstić information content (AvgIpc) is 2.73. The number of hydrogen-bond acceptors (Lipinski definition) is 3. The van der Waals surface area contributed by atoms with Crippen LogP contribution in [0.15, 0.2) is 24.3 Å². The summed E-state index contributed by atoms with van der Waals surface area (Å²) >= 11 is 0. The first-order chi connectivity index (χ1) is 10.1. The lowest BCUT2D eigenvalue weighted by atomic mass is 9.99. The molecule has 2 unspecified atom stereocenters. The highest BCUT2D eigenvalue weighted by atomic mass is 16.5. The van der Waals surface area contributed by atoms with Crippen LogP contribution in [-0.2, 0) is 4.79 Å². The average molecular weight is 289 g/mol. The van der Waals surface area contributed by atoms with Gasteiger partial charge in [-0.25, -0.2) is 0 Å². The van der Waals surface area contributed by atoms with Gasteiger partial charge in [0.05, 0.1) is 19.1 Å². The molecule has 2 heterocycles. The number of nitrogens with zero attached hydrogens (tertiary/aromatic N) is 1. The molecule has 114 valence electrons. The number of aryl methyl sites for hydroxylation is 1. The fraction of sp³-hybridized carbons (Fsp3) is 0.588. The highest BCUT2D eigenvalue weighted by Gasteiger charge is 2.42. The number of carbonyl (C=O) groups is 1. The van der Waals surface area contributed by atoms with Crippen LogP contribution in [0.1, 0.15) is 37.7 Å². The van der Waals surface area contributed by atoms with Gasteiger partial charge in [0.25, 0.3) is 0 Å². The molecule has 0 saturated carbocycles. The second kappa shape index (κ2) is 6.06. The minimum atomic E-state index is -0.227. The molecule has 1 N–H and O–H groups in total. The number of piperidine rings is 1. The van der Waals surface area contributed by atoms with Crippen LogP contribution in [-0.4, -0.2) is 40.7 Å². The normalized spacial score (nSPS) is 27.7. The van der Waals surface area contributed by atoms with E-state index >= 15 is 0 Å². The molecule has 3 rings (SSSR count). The van der Waals surface area contributed by atoms with Crippen molar-refractivity contribution in [2.75, 3.05) is 6.61 Å². The number of rotatable bonds is 4. The number of hydrogen-bond donors (Lipinski definition) is 1. The summed E-state index contributed by atoms with van der Waals surface area (Å²) in [5, 5.41) is 9.78. The third kappa shape index (κ3) is 3.05. The zero-order valence-electron chi connectivity index (χ0n) is 12.5. The Bertz CT molecular complexity index is 503. The van der Waals surface area contributed by atoms with Gasteiger partial charge < -0.3 is 14.7 Å². The Balaban J connectivity index is 1.52. The van der Waals surface area contributed by atoms with Gasteiger partial charge in [-0.3, -0.25) is 4.79 Å². The third-order valence-electron chi connectivity index (χ3n) is 4.66. The van der Waals surface area contributed by atoms with Crippen LogP contribution in [0.25, 0.3) is 0 Å². The summed E-state index contributed by atoms with van der Waals surface area (Å²) in [5.41, 5.74) is 1.09. The number of aliphatic hydroxyl groups excluding tert-OH is 1. The Hall–Kier alpha value is -1.55. The first kappa shape index (κ1) is 14.4. The number of aliphatic hydroxyl groups is 1. The molecule has 4 heteroatoms. The van der Waals surface area contributed by atoms with Crippen molar-refractivity contribution in [1.29, 1.82) is 0 Å². The molecule has 4 nitrogen and oxygen atoms in total. The standard InChI is InChI=1S/C17H23NO3/c1-12-4-2-3-5-16(12)21-9-8-17(20)18-13-6-7-14(18)11-15(19)10-13/h2-5,13-15,19H,6-11H2,1H3. The number of benzene rings is 1. The maximum absolute atomic E-state index is 12.4. The fourth-order valence-electron chi connectivity index (χ4n) is 3.65. The Morgan fingerprint density at radius 1 is 1.29 bits per heavy atom. The van der Waals surface area contributed by atoms with E-state index in [1.807, 2.05) is 36.1 Å².